The molecule has 0 saturated carbocycles. The van der Waals surface area contributed by atoms with Gasteiger partial charge in [-0.05, 0) is 0 Å². The van der Waals surface area contributed by atoms with Crippen molar-refractivity contribution < 1.29 is 24.3 Å². The predicted octanol–water partition coefficient (Wildman–Crippen LogP) is -2.24. The third-order valence-electron chi connectivity index (χ3n) is 2.97. The fourth-order valence-electron chi connectivity index (χ4n) is 1.92. The number of likely N-dealkylation sites (tertiary alicyclic amines) is 1. The summed E-state index contributed by atoms with van der Waals surface area (Å²) >= 11 is 0.0216. The second-order valence-electron chi connectivity index (χ2n) is 6.42. The number of hydrogen-bond acceptors (Lipinski definition) is 6. The maximum atomic E-state index is 11.7. The topological polar surface area (TPSA) is 168 Å². The first-order valence-corrected chi connectivity index (χ1v) is 10.3. The smallest absolute Gasteiger partial charge is 0.236 e. The third kappa shape index (κ3) is 16.2. The number of amides is 4. The van der Waals surface area contributed by atoms with Gasteiger partial charge in [0.2, 0.25) is 12.3 Å². The van der Waals surface area contributed by atoms with Crippen LogP contribution in [-0.4, -0.2) is 87.3 Å². The van der Waals surface area contributed by atoms with Crippen LogP contribution in [0.25, 0.3) is 0 Å². The number of hydrogen-bond donors (Lipinski definition) is 5. The van der Waals surface area contributed by atoms with Crippen molar-refractivity contribution in [2.24, 2.45) is 11.5 Å². The van der Waals surface area contributed by atoms with Crippen LogP contribution in [0.3, 0.4) is 0 Å². The van der Waals surface area contributed by atoms with Gasteiger partial charge in [0.15, 0.2) is 0 Å². The summed E-state index contributed by atoms with van der Waals surface area (Å²) in [5, 5.41) is 11.7. The zero-order valence-electron chi connectivity index (χ0n) is 16.5. The van der Waals surface area contributed by atoms with Gasteiger partial charge in [0.05, 0.1) is 6.54 Å². The van der Waals surface area contributed by atoms with Crippen molar-refractivity contribution in [3.8, 4) is 0 Å². The number of primary amides is 1. The molecule has 10 nitrogen and oxygen atoms in total. The van der Waals surface area contributed by atoms with Crippen LogP contribution < -0.4 is 22.1 Å². The maximum Gasteiger partial charge on any atom is 0.236 e. The molecule has 1 aliphatic rings. The van der Waals surface area contributed by atoms with Gasteiger partial charge in [-0.2, -0.15) is 0 Å². The third-order valence-corrected chi connectivity index (χ3v) is 5.44. The minimum Gasteiger partial charge on any atom is -0.400 e. The molecule has 0 aromatic heterocycles. The molecular weight excluding hydrogens is 421 g/mol. The van der Waals surface area contributed by atoms with E-state index in [4.69, 9.17) is 10.8 Å². The first-order valence-electron chi connectivity index (χ1n) is 8.45. The summed E-state index contributed by atoms with van der Waals surface area (Å²) in [7, 11) is 1.00. The van der Waals surface area contributed by atoms with Crippen LogP contribution >= 0.6 is 0 Å². The van der Waals surface area contributed by atoms with Crippen molar-refractivity contribution >= 4 is 39.1 Å². The number of aliphatic hydroxyl groups excluding tert-OH is 1. The van der Waals surface area contributed by atoms with E-state index in [1.165, 1.54) is 0 Å². The summed E-state index contributed by atoms with van der Waals surface area (Å²) in [5.74, 6) is -0.749. The average molecular weight is 454 g/mol. The number of rotatable bonds is 7. The van der Waals surface area contributed by atoms with Gasteiger partial charge in [0.25, 0.3) is 0 Å². The van der Waals surface area contributed by atoms with E-state index in [1.54, 1.807) is 4.90 Å². The number of aliphatic hydroxyl groups is 1. The van der Waals surface area contributed by atoms with Crippen molar-refractivity contribution in [2.45, 2.75) is 42.9 Å². The molecule has 158 valence electrons. The van der Waals surface area contributed by atoms with Crippen molar-refractivity contribution in [1.82, 2.24) is 15.5 Å². The summed E-state index contributed by atoms with van der Waals surface area (Å²) in [4.78, 5) is 43.9. The molecule has 0 aromatic carbocycles. The van der Waals surface area contributed by atoms with E-state index >= 15 is 0 Å². The predicted molar refractivity (Wildman–Crippen MR) is 104 cm³/mol. The standard InChI is InChI=1S/C12H23N3O2Se.C3H6N2O2.CH4O/c1-12(2,3)18-10(13)11(17)14-8-9(16)15-6-4-5-7-15;4-3(7)1-5-2-6;1-2/h10H,4-8,13H2,1-3H3,(H,14,17);2H,1H2,(H2,4,7)(H,5,6);2H,1H3/t10-;;/m0../s1. The second-order valence-corrected chi connectivity index (χ2v) is 10.6. The second kappa shape index (κ2) is 15.4. The molecule has 0 aliphatic carbocycles. The molecule has 27 heavy (non-hydrogen) atoms. The van der Waals surface area contributed by atoms with Crippen molar-refractivity contribution in [1.29, 1.82) is 0 Å². The molecule has 0 aromatic rings. The Morgan fingerprint density at radius 3 is 2.07 bits per heavy atom. The van der Waals surface area contributed by atoms with Crippen LogP contribution in [0.4, 0.5) is 0 Å². The van der Waals surface area contributed by atoms with Crippen molar-refractivity contribution in [3.63, 3.8) is 0 Å². The number of nitrogens with zero attached hydrogens (tertiary/aromatic N) is 1. The molecule has 7 N–H and O–H groups in total. The van der Waals surface area contributed by atoms with Gasteiger partial charge in [0, 0.05) is 7.11 Å². The van der Waals surface area contributed by atoms with Gasteiger partial charge in [-0.15, -0.1) is 0 Å². The van der Waals surface area contributed by atoms with Crippen LogP contribution in [-0.2, 0) is 19.2 Å². The first kappa shape index (κ1) is 27.5. The van der Waals surface area contributed by atoms with Crippen molar-refractivity contribution in [3.05, 3.63) is 0 Å². The molecule has 1 heterocycles. The molecule has 1 fully saturated rings. The molecule has 0 spiro atoms. The molecule has 1 aliphatic heterocycles. The van der Waals surface area contributed by atoms with E-state index < -0.39 is 10.8 Å². The van der Waals surface area contributed by atoms with E-state index in [2.05, 4.69) is 37.1 Å². The molecule has 0 radical (unpaired) electrons. The van der Waals surface area contributed by atoms with E-state index in [9.17, 15) is 19.2 Å². The summed E-state index contributed by atoms with van der Waals surface area (Å²) < 4.78 is 0.0721. The van der Waals surface area contributed by atoms with Crippen LogP contribution in [0.2, 0.25) is 4.31 Å². The molecule has 0 bridgehead atoms. The van der Waals surface area contributed by atoms with Gasteiger partial charge in [-0.3, -0.25) is 9.59 Å². The van der Waals surface area contributed by atoms with E-state index in [0.29, 0.717) is 6.41 Å². The monoisotopic (exact) mass is 455 g/mol. The summed E-state index contributed by atoms with van der Waals surface area (Å²) in [6.45, 7) is 7.82. The number of carbonyl (C=O) groups excluding carboxylic acids is 4. The fraction of sp³-hybridized carbons (Fsp3) is 0.750. The van der Waals surface area contributed by atoms with Crippen LogP contribution in [0, 0.1) is 0 Å². The van der Waals surface area contributed by atoms with Crippen LogP contribution in [0.15, 0.2) is 0 Å². The quantitative estimate of drug-likeness (QED) is 0.215. The normalized spacial score (nSPS) is 13.9. The Labute approximate surface area is 166 Å². The zero-order chi connectivity index (χ0) is 21.5. The Kier molecular flexibility index (Phi) is 15.7. The van der Waals surface area contributed by atoms with Crippen LogP contribution in [0.1, 0.15) is 33.6 Å². The zero-order valence-corrected chi connectivity index (χ0v) is 18.2. The molecule has 1 atom stereocenters. The number of carbonyl (C=O) groups is 4. The molecule has 4 amide bonds. The van der Waals surface area contributed by atoms with E-state index in [0.717, 1.165) is 33.0 Å². The minimum absolute atomic E-state index is 0.00342. The van der Waals surface area contributed by atoms with E-state index in [-0.39, 0.29) is 44.2 Å². The molecule has 11 heteroatoms. The number of nitrogens with one attached hydrogen (secondary N) is 2. The van der Waals surface area contributed by atoms with Crippen molar-refractivity contribution in [2.75, 3.05) is 33.3 Å². The molecule has 1 saturated heterocycles. The minimum atomic E-state index is -0.535. The Morgan fingerprint density at radius 2 is 1.70 bits per heavy atom. The van der Waals surface area contributed by atoms with Crippen LogP contribution in [0.5, 0.6) is 0 Å². The van der Waals surface area contributed by atoms with Gasteiger partial charge in [-0.25, -0.2) is 0 Å². The molecule has 0 unspecified atom stereocenters. The number of nitrogens with two attached hydrogens (primary N) is 2. The molecule has 1 rings (SSSR count). The Bertz CT molecular complexity index is 465. The Hall–Kier alpha value is -1.68. The largest absolute Gasteiger partial charge is 0.400 e. The van der Waals surface area contributed by atoms with Gasteiger partial charge >= 0.3 is 115 Å². The summed E-state index contributed by atoms with van der Waals surface area (Å²) in [6, 6.07) is 0. The van der Waals surface area contributed by atoms with Gasteiger partial charge < -0.3 is 16.2 Å². The van der Waals surface area contributed by atoms with Gasteiger partial charge in [0.1, 0.15) is 0 Å². The summed E-state index contributed by atoms with van der Waals surface area (Å²) in [6.07, 6.45) is 2.55. The first-order chi connectivity index (χ1) is 12.6. The fourth-order valence-corrected chi connectivity index (χ4v) is 3.92. The van der Waals surface area contributed by atoms with Gasteiger partial charge in [-0.1, -0.05) is 0 Å². The van der Waals surface area contributed by atoms with E-state index in [1.807, 2.05) is 0 Å². The SMILES string of the molecule is CC(C)(C)[Se][C@H](N)C(=O)NCC(=O)N1CCCC1.CO.NC(=O)CNC=O. The molecular formula is C16H33N5O5Se. The average Bonchev–Trinajstić information content (AvgIpc) is 3.13. The summed E-state index contributed by atoms with van der Waals surface area (Å²) in [5.41, 5.74) is 10.5. The maximum absolute atomic E-state index is 11.7. The Morgan fingerprint density at radius 1 is 1.19 bits per heavy atom. The Balaban J connectivity index is 0.